The molecule has 15 heavy (non-hydrogen) atoms. The van der Waals surface area contributed by atoms with Gasteiger partial charge in [0.05, 0.1) is 15.4 Å². The summed E-state index contributed by atoms with van der Waals surface area (Å²) in [6.45, 7) is 6.04. The van der Waals surface area contributed by atoms with Crippen LogP contribution in [0.25, 0.3) is 0 Å². The monoisotopic (exact) mass is 323 g/mol. The van der Waals surface area contributed by atoms with Gasteiger partial charge in [0.2, 0.25) is 0 Å². The minimum atomic E-state index is -0.296. The molecule has 1 aromatic rings. The molecule has 0 aromatic heterocycles. The van der Waals surface area contributed by atoms with E-state index in [-0.39, 0.29) is 11.9 Å². The number of ether oxygens (including phenoxy) is 1. The number of nitrogens with two attached hydrogens (primary N) is 1. The lowest BCUT2D eigenvalue weighted by Gasteiger charge is -2.19. The molecule has 0 saturated heterocycles. The maximum absolute atomic E-state index is 13.3. The van der Waals surface area contributed by atoms with E-state index < -0.39 is 0 Å². The van der Waals surface area contributed by atoms with Crippen molar-refractivity contribution in [2.75, 3.05) is 5.73 Å². The lowest BCUT2D eigenvalue weighted by molar-refractivity contribution is 0.171. The molecule has 0 fully saturated rings. The van der Waals surface area contributed by atoms with Crippen molar-refractivity contribution >= 4 is 28.3 Å². The van der Waals surface area contributed by atoms with Gasteiger partial charge in [-0.3, -0.25) is 0 Å². The number of hydrogen-bond donors (Lipinski definition) is 1. The average Bonchev–Trinajstić information content (AvgIpc) is 2.13. The fourth-order valence-electron chi connectivity index (χ4n) is 0.982. The summed E-state index contributed by atoms with van der Waals surface area (Å²) < 4.78 is 19.4. The van der Waals surface area contributed by atoms with Crippen LogP contribution in [0, 0.1) is 15.3 Å². The van der Waals surface area contributed by atoms with Crippen LogP contribution in [-0.2, 0) is 0 Å². The first-order chi connectivity index (χ1) is 6.91. The molecule has 0 spiro atoms. The molecular weight excluding hydrogens is 308 g/mol. The second kappa shape index (κ2) is 5.01. The summed E-state index contributed by atoms with van der Waals surface area (Å²) in [7, 11) is 0. The van der Waals surface area contributed by atoms with Gasteiger partial charge in [0.25, 0.3) is 0 Å². The first-order valence-electron chi connectivity index (χ1n) is 4.83. The number of benzene rings is 1. The summed E-state index contributed by atoms with van der Waals surface area (Å²) in [5.41, 5.74) is 6.22. The first-order valence-corrected chi connectivity index (χ1v) is 5.91. The van der Waals surface area contributed by atoms with E-state index in [1.54, 1.807) is 6.07 Å². The third-order valence-electron chi connectivity index (χ3n) is 2.30. The van der Waals surface area contributed by atoms with Gasteiger partial charge in [-0.25, -0.2) is 4.39 Å². The fourth-order valence-corrected chi connectivity index (χ4v) is 1.47. The number of halogens is 2. The molecule has 1 rings (SSSR count). The van der Waals surface area contributed by atoms with Crippen LogP contribution in [-0.4, -0.2) is 6.10 Å². The van der Waals surface area contributed by atoms with E-state index in [2.05, 4.69) is 0 Å². The highest BCUT2D eigenvalue weighted by atomic mass is 127. The first kappa shape index (κ1) is 12.5. The standard InChI is InChI=1S/C11H15FINO/c1-6(2)7(3)15-11-4-8(12)9(13)5-10(11)14/h4-7H,14H2,1-3H3. The molecular formula is C11H15FINO. The van der Waals surface area contributed by atoms with Crippen LogP contribution < -0.4 is 10.5 Å². The summed E-state index contributed by atoms with van der Waals surface area (Å²) in [6.07, 6.45) is 0.0201. The zero-order valence-electron chi connectivity index (χ0n) is 9.05. The molecule has 0 saturated carbocycles. The van der Waals surface area contributed by atoms with E-state index in [1.165, 1.54) is 6.07 Å². The van der Waals surface area contributed by atoms with Crippen LogP contribution in [0.15, 0.2) is 12.1 Å². The second-order valence-corrected chi connectivity index (χ2v) is 5.03. The predicted octanol–water partition coefficient (Wildman–Crippen LogP) is 3.44. The van der Waals surface area contributed by atoms with E-state index in [4.69, 9.17) is 10.5 Å². The Bertz CT molecular complexity index is 355. The SMILES string of the molecule is CC(C)C(C)Oc1cc(F)c(I)cc1N. The smallest absolute Gasteiger partial charge is 0.145 e. The highest BCUT2D eigenvalue weighted by molar-refractivity contribution is 14.1. The van der Waals surface area contributed by atoms with Gasteiger partial charge in [0.15, 0.2) is 0 Å². The average molecular weight is 323 g/mol. The molecule has 0 aliphatic carbocycles. The van der Waals surface area contributed by atoms with E-state index in [0.717, 1.165) is 0 Å². The third kappa shape index (κ3) is 3.22. The van der Waals surface area contributed by atoms with E-state index in [0.29, 0.717) is 20.9 Å². The normalized spacial score (nSPS) is 12.9. The van der Waals surface area contributed by atoms with Gasteiger partial charge in [0, 0.05) is 6.07 Å². The van der Waals surface area contributed by atoms with Crippen molar-refractivity contribution in [1.29, 1.82) is 0 Å². The van der Waals surface area contributed by atoms with Gasteiger partial charge < -0.3 is 10.5 Å². The van der Waals surface area contributed by atoms with Crippen molar-refractivity contribution in [1.82, 2.24) is 0 Å². The molecule has 0 bridgehead atoms. The molecule has 0 heterocycles. The second-order valence-electron chi connectivity index (χ2n) is 3.87. The summed E-state index contributed by atoms with van der Waals surface area (Å²) in [5.74, 6) is 0.497. The van der Waals surface area contributed by atoms with Gasteiger partial charge in [-0.1, -0.05) is 13.8 Å². The Hall–Kier alpha value is -0.520. The molecule has 2 N–H and O–H groups in total. The molecule has 1 unspecified atom stereocenters. The van der Waals surface area contributed by atoms with Crippen LogP contribution in [0.2, 0.25) is 0 Å². The topological polar surface area (TPSA) is 35.2 Å². The van der Waals surface area contributed by atoms with E-state index >= 15 is 0 Å². The largest absolute Gasteiger partial charge is 0.488 e. The summed E-state index contributed by atoms with van der Waals surface area (Å²) in [4.78, 5) is 0. The van der Waals surface area contributed by atoms with Gasteiger partial charge in [-0.2, -0.15) is 0 Å². The Morgan fingerprint density at radius 1 is 1.33 bits per heavy atom. The Labute approximate surface area is 103 Å². The maximum Gasteiger partial charge on any atom is 0.145 e. The van der Waals surface area contributed by atoms with E-state index in [9.17, 15) is 4.39 Å². The lowest BCUT2D eigenvalue weighted by atomic mass is 10.1. The highest BCUT2D eigenvalue weighted by Gasteiger charge is 2.12. The van der Waals surface area contributed by atoms with Crippen molar-refractivity contribution in [3.05, 3.63) is 21.5 Å². The number of rotatable bonds is 3. The predicted molar refractivity (Wildman–Crippen MR) is 68.5 cm³/mol. The van der Waals surface area contributed by atoms with Crippen molar-refractivity contribution in [2.24, 2.45) is 5.92 Å². The molecule has 1 aromatic carbocycles. The fraction of sp³-hybridized carbons (Fsp3) is 0.455. The Balaban J connectivity index is 2.91. The van der Waals surface area contributed by atoms with Crippen molar-refractivity contribution in [2.45, 2.75) is 26.9 Å². The third-order valence-corrected chi connectivity index (χ3v) is 3.13. The number of nitrogen functional groups attached to an aromatic ring is 1. The van der Waals surface area contributed by atoms with Gasteiger partial charge in [-0.15, -0.1) is 0 Å². The lowest BCUT2D eigenvalue weighted by Crippen LogP contribution is -2.19. The van der Waals surface area contributed by atoms with Crippen molar-refractivity contribution in [3.8, 4) is 5.75 Å². The number of anilines is 1. The number of hydrogen-bond acceptors (Lipinski definition) is 2. The molecule has 0 radical (unpaired) electrons. The van der Waals surface area contributed by atoms with Crippen molar-refractivity contribution in [3.63, 3.8) is 0 Å². The van der Waals surface area contributed by atoms with Crippen LogP contribution in [0.4, 0.5) is 10.1 Å². The van der Waals surface area contributed by atoms with Crippen LogP contribution in [0.3, 0.4) is 0 Å². The summed E-state index contributed by atoms with van der Waals surface area (Å²) >= 11 is 1.90. The zero-order valence-corrected chi connectivity index (χ0v) is 11.2. The Kier molecular flexibility index (Phi) is 4.19. The van der Waals surface area contributed by atoms with Crippen LogP contribution >= 0.6 is 22.6 Å². The van der Waals surface area contributed by atoms with Gasteiger partial charge in [-0.05, 0) is 41.5 Å². The summed E-state index contributed by atoms with van der Waals surface area (Å²) in [5, 5.41) is 0. The van der Waals surface area contributed by atoms with Gasteiger partial charge >= 0.3 is 0 Å². The summed E-state index contributed by atoms with van der Waals surface area (Å²) in [6, 6.07) is 2.92. The van der Waals surface area contributed by atoms with Crippen molar-refractivity contribution < 1.29 is 9.13 Å². The maximum atomic E-state index is 13.3. The zero-order chi connectivity index (χ0) is 11.6. The molecule has 0 amide bonds. The Morgan fingerprint density at radius 3 is 2.47 bits per heavy atom. The quantitative estimate of drug-likeness (QED) is 0.683. The molecule has 0 aliphatic rings. The minimum Gasteiger partial charge on any atom is -0.488 e. The van der Waals surface area contributed by atoms with Crippen LogP contribution in [0.1, 0.15) is 20.8 Å². The van der Waals surface area contributed by atoms with Gasteiger partial charge in [0.1, 0.15) is 11.6 Å². The molecule has 0 aliphatic heterocycles. The molecule has 1 atom stereocenters. The Morgan fingerprint density at radius 2 is 1.93 bits per heavy atom. The highest BCUT2D eigenvalue weighted by Crippen LogP contribution is 2.27. The molecule has 84 valence electrons. The van der Waals surface area contributed by atoms with E-state index in [1.807, 2.05) is 43.4 Å². The molecule has 2 nitrogen and oxygen atoms in total. The van der Waals surface area contributed by atoms with Crippen LogP contribution in [0.5, 0.6) is 5.75 Å². The minimum absolute atomic E-state index is 0.0201. The molecule has 4 heteroatoms.